The lowest BCUT2D eigenvalue weighted by molar-refractivity contribution is 0.0387. The van der Waals surface area contributed by atoms with Crippen molar-refractivity contribution < 1.29 is 13.9 Å². The fourth-order valence-corrected chi connectivity index (χ4v) is 3.29. The van der Waals surface area contributed by atoms with Crippen LogP contribution in [0.5, 0.6) is 0 Å². The predicted octanol–water partition coefficient (Wildman–Crippen LogP) is 4.10. The van der Waals surface area contributed by atoms with Gasteiger partial charge in [0.25, 0.3) is 0 Å². The van der Waals surface area contributed by atoms with Gasteiger partial charge in [-0.25, -0.2) is 8.78 Å². The molecule has 1 aliphatic carbocycles. The third-order valence-corrected chi connectivity index (χ3v) is 4.78. The van der Waals surface area contributed by atoms with Gasteiger partial charge in [-0.3, -0.25) is 0 Å². The Bertz CT molecular complexity index is 672. The van der Waals surface area contributed by atoms with Crippen molar-refractivity contribution in [1.29, 1.82) is 0 Å². The van der Waals surface area contributed by atoms with E-state index in [0.29, 0.717) is 29.3 Å². The topological polar surface area (TPSA) is 20.2 Å². The lowest BCUT2D eigenvalue weighted by Gasteiger charge is -2.25. The van der Waals surface area contributed by atoms with Crippen LogP contribution in [0.25, 0.3) is 0 Å². The first-order valence-corrected chi connectivity index (χ1v) is 7.23. The number of aryl methyl sites for hydroxylation is 1. The quantitative estimate of drug-likeness (QED) is 0.873. The maximum atomic E-state index is 13.5. The van der Waals surface area contributed by atoms with Gasteiger partial charge in [0.05, 0.1) is 10.1 Å². The van der Waals surface area contributed by atoms with Crippen LogP contribution in [0, 0.1) is 11.6 Å². The normalized spacial score (nSPS) is 21.0. The molecule has 1 aliphatic rings. The van der Waals surface area contributed by atoms with Crippen molar-refractivity contribution in [1.82, 2.24) is 0 Å². The first kappa shape index (κ1) is 13.7. The second-order valence-corrected chi connectivity index (χ2v) is 6.02. The number of hydrogen-bond donors (Lipinski definition) is 1. The van der Waals surface area contributed by atoms with E-state index in [2.05, 4.69) is 15.9 Å². The fraction of sp³-hybridized carbons (Fsp3) is 0.250. The molecule has 0 radical (unpaired) electrons. The number of fused-ring (bicyclic) bond motifs is 1. The van der Waals surface area contributed by atoms with Crippen LogP contribution in [0.15, 0.2) is 40.9 Å². The van der Waals surface area contributed by atoms with E-state index in [1.165, 1.54) is 18.2 Å². The predicted molar refractivity (Wildman–Crippen MR) is 76.4 cm³/mol. The smallest absolute Gasteiger partial charge is 0.137 e. The monoisotopic (exact) mass is 338 g/mol. The third-order valence-electron chi connectivity index (χ3n) is 3.89. The molecule has 0 fully saturated rings. The molecular formula is C16H13BrF2O. The van der Waals surface area contributed by atoms with Crippen LogP contribution in [0.3, 0.4) is 0 Å². The summed E-state index contributed by atoms with van der Waals surface area (Å²) in [4.78, 5) is 0. The molecule has 0 spiro atoms. The Morgan fingerprint density at radius 2 is 2.00 bits per heavy atom. The van der Waals surface area contributed by atoms with Crippen molar-refractivity contribution in [2.24, 2.45) is 0 Å². The Kier molecular flexibility index (Phi) is 3.38. The van der Waals surface area contributed by atoms with E-state index in [0.717, 1.165) is 11.1 Å². The zero-order valence-corrected chi connectivity index (χ0v) is 12.3. The Labute approximate surface area is 124 Å². The third kappa shape index (κ3) is 2.27. The van der Waals surface area contributed by atoms with Gasteiger partial charge in [0.15, 0.2) is 0 Å². The molecule has 0 saturated carbocycles. The molecule has 20 heavy (non-hydrogen) atoms. The standard InChI is InChI=1S/C16H13BrF2O/c17-15-11(2-1-3-14(15)19)9-16(20)7-6-10-8-12(18)4-5-13(10)16/h1-5,8,20H,6-7,9H2. The summed E-state index contributed by atoms with van der Waals surface area (Å²) in [6.07, 6.45) is 1.47. The Morgan fingerprint density at radius 3 is 2.80 bits per heavy atom. The van der Waals surface area contributed by atoms with Crippen LogP contribution in [-0.4, -0.2) is 5.11 Å². The molecule has 0 aliphatic heterocycles. The number of halogens is 3. The maximum absolute atomic E-state index is 13.5. The highest BCUT2D eigenvalue weighted by Crippen LogP contribution is 2.40. The van der Waals surface area contributed by atoms with Crippen LogP contribution in [0.4, 0.5) is 8.78 Å². The number of hydrogen-bond acceptors (Lipinski definition) is 1. The minimum Gasteiger partial charge on any atom is -0.385 e. The Morgan fingerprint density at radius 1 is 1.20 bits per heavy atom. The van der Waals surface area contributed by atoms with Crippen molar-refractivity contribution in [3.8, 4) is 0 Å². The lowest BCUT2D eigenvalue weighted by atomic mass is 9.89. The van der Waals surface area contributed by atoms with Crippen LogP contribution in [0.2, 0.25) is 0 Å². The highest BCUT2D eigenvalue weighted by atomic mass is 79.9. The SMILES string of the molecule is OC1(Cc2cccc(F)c2Br)CCc2cc(F)ccc21. The summed E-state index contributed by atoms with van der Waals surface area (Å²) in [6.45, 7) is 0. The van der Waals surface area contributed by atoms with Gasteiger partial charge in [0.2, 0.25) is 0 Å². The average molecular weight is 339 g/mol. The van der Waals surface area contributed by atoms with E-state index >= 15 is 0 Å². The Hall–Kier alpha value is -1.26. The molecule has 0 saturated heterocycles. The van der Waals surface area contributed by atoms with Gasteiger partial charge >= 0.3 is 0 Å². The second kappa shape index (κ2) is 4.93. The highest BCUT2D eigenvalue weighted by molar-refractivity contribution is 9.10. The van der Waals surface area contributed by atoms with Gasteiger partial charge in [-0.05, 0) is 63.7 Å². The molecule has 104 valence electrons. The molecule has 0 heterocycles. The zero-order valence-electron chi connectivity index (χ0n) is 10.7. The van der Waals surface area contributed by atoms with E-state index in [1.54, 1.807) is 18.2 Å². The number of benzene rings is 2. The van der Waals surface area contributed by atoms with Gasteiger partial charge < -0.3 is 5.11 Å². The molecule has 0 bridgehead atoms. The summed E-state index contributed by atoms with van der Waals surface area (Å²) in [5.41, 5.74) is 1.24. The summed E-state index contributed by atoms with van der Waals surface area (Å²) in [5, 5.41) is 10.8. The average Bonchev–Trinajstić information content (AvgIpc) is 2.72. The summed E-state index contributed by atoms with van der Waals surface area (Å²) in [7, 11) is 0. The summed E-state index contributed by atoms with van der Waals surface area (Å²) >= 11 is 3.22. The van der Waals surface area contributed by atoms with E-state index in [9.17, 15) is 13.9 Å². The molecule has 1 atom stereocenters. The number of aliphatic hydroxyl groups is 1. The molecule has 1 N–H and O–H groups in total. The van der Waals surface area contributed by atoms with Crippen molar-refractivity contribution in [2.45, 2.75) is 24.9 Å². The molecule has 1 nitrogen and oxygen atoms in total. The van der Waals surface area contributed by atoms with Crippen molar-refractivity contribution in [2.75, 3.05) is 0 Å². The van der Waals surface area contributed by atoms with Crippen LogP contribution in [-0.2, 0) is 18.4 Å². The van der Waals surface area contributed by atoms with Crippen molar-refractivity contribution >= 4 is 15.9 Å². The largest absolute Gasteiger partial charge is 0.385 e. The van der Waals surface area contributed by atoms with Crippen LogP contribution < -0.4 is 0 Å². The van der Waals surface area contributed by atoms with E-state index in [-0.39, 0.29) is 11.6 Å². The lowest BCUT2D eigenvalue weighted by Crippen LogP contribution is -2.25. The van der Waals surface area contributed by atoms with E-state index < -0.39 is 5.60 Å². The van der Waals surface area contributed by atoms with Gasteiger partial charge in [0.1, 0.15) is 11.6 Å². The molecule has 4 heteroatoms. The minimum atomic E-state index is -1.06. The zero-order chi connectivity index (χ0) is 14.3. The summed E-state index contributed by atoms with van der Waals surface area (Å²) < 4.78 is 27.1. The van der Waals surface area contributed by atoms with Crippen molar-refractivity contribution in [3.05, 3.63) is 69.2 Å². The maximum Gasteiger partial charge on any atom is 0.137 e. The number of rotatable bonds is 2. The highest BCUT2D eigenvalue weighted by Gasteiger charge is 2.37. The molecule has 2 aromatic carbocycles. The summed E-state index contributed by atoms with van der Waals surface area (Å²) in [6, 6.07) is 9.23. The molecule has 1 unspecified atom stereocenters. The molecule has 0 aromatic heterocycles. The molecular weight excluding hydrogens is 326 g/mol. The van der Waals surface area contributed by atoms with Gasteiger partial charge in [0, 0.05) is 6.42 Å². The van der Waals surface area contributed by atoms with Crippen LogP contribution in [0.1, 0.15) is 23.1 Å². The summed E-state index contributed by atoms with van der Waals surface area (Å²) in [5.74, 6) is -0.636. The molecule has 2 aromatic rings. The van der Waals surface area contributed by atoms with Crippen LogP contribution >= 0.6 is 15.9 Å². The van der Waals surface area contributed by atoms with E-state index in [1.807, 2.05) is 0 Å². The minimum absolute atomic E-state index is 0.292. The first-order chi connectivity index (χ1) is 9.49. The molecule has 0 amide bonds. The fourth-order valence-electron chi connectivity index (χ4n) is 2.88. The second-order valence-electron chi connectivity index (χ2n) is 5.22. The van der Waals surface area contributed by atoms with Gasteiger partial charge in [-0.2, -0.15) is 0 Å². The molecule has 3 rings (SSSR count). The van der Waals surface area contributed by atoms with Crippen molar-refractivity contribution in [3.63, 3.8) is 0 Å². The Balaban J connectivity index is 1.98. The van der Waals surface area contributed by atoms with Gasteiger partial charge in [-0.1, -0.05) is 18.2 Å². The van der Waals surface area contributed by atoms with Gasteiger partial charge in [-0.15, -0.1) is 0 Å². The first-order valence-electron chi connectivity index (χ1n) is 6.44. The van der Waals surface area contributed by atoms with E-state index in [4.69, 9.17) is 0 Å².